The van der Waals surface area contributed by atoms with Gasteiger partial charge in [0.25, 0.3) is 5.91 Å². The maximum atomic E-state index is 12.4. The number of carbonyl (C=O) groups is 2. The van der Waals surface area contributed by atoms with E-state index in [4.69, 9.17) is 5.11 Å². The predicted molar refractivity (Wildman–Crippen MR) is 82.9 cm³/mol. The third-order valence-corrected chi connectivity index (χ3v) is 3.73. The zero-order valence-corrected chi connectivity index (χ0v) is 13.9. The fourth-order valence-corrected chi connectivity index (χ4v) is 2.80. The lowest BCUT2D eigenvalue weighted by atomic mass is 10.1. The van der Waals surface area contributed by atoms with Gasteiger partial charge >= 0.3 is 5.97 Å². The normalized spacial score (nSPS) is 13.9. The van der Waals surface area contributed by atoms with E-state index in [1.54, 1.807) is 17.5 Å². The molecule has 0 aliphatic carbocycles. The molecule has 2 rings (SSSR count). The van der Waals surface area contributed by atoms with Gasteiger partial charge in [0.1, 0.15) is 11.3 Å². The summed E-state index contributed by atoms with van der Waals surface area (Å²) in [5.74, 6) is -1.90. The Bertz CT molecular complexity index is 754. The first-order chi connectivity index (χ1) is 10.2. The van der Waals surface area contributed by atoms with Gasteiger partial charge < -0.3 is 15.5 Å². The summed E-state index contributed by atoms with van der Waals surface area (Å²) in [7, 11) is 0. The lowest BCUT2D eigenvalue weighted by molar-refractivity contribution is -0.141. The Labute approximate surface area is 135 Å². The minimum atomic E-state index is -1.38. The molecule has 0 saturated carbocycles. The third kappa shape index (κ3) is 2.97. The van der Waals surface area contributed by atoms with Crippen molar-refractivity contribution < 1.29 is 19.8 Å². The first-order valence-corrected chi connectivity index (χ1v) is 7.38. The first kappa shape index (κ1) is 16.4. The number of carbonyl (C=O) groups excluding carboxylic acids is 1. The van der Waals surface area contributed by atoms with Crippen LogP contribution in [0.25, 0.3) is 5.65 Å². The second-order valence-corrected chi connectivity index (χ2v) is 6.03. The molecule has 3 N–H and O–H groups in total. The van der Waals surface area contributed by atoms with Crippen LogP contribution in [-0.4, -0.2) is 43.6 Å². The van der Waals surface area contributed by atoms with Gasteiger partial charge in [0, 0.05) is 10.7 Å². The number of fused-ring (bicyclic) bond motifs is 1. The summed E-state index contributed by atoms with van der Waals surface area (Å²) in [5.41, 5.74) is 2.22. The van der Waals surface area contributed by atoms with Gasteiger partial charge in [-0.3, -0.25) is 9.20 Å². The highest BCUT2D eigenvalue weighted by molar-refractivity contribution is 9.10. The number of hydrogen-bond donors (Lipinski definition) is 3. The maximum Gasteiger partial charge on any atom is 0.328 e. The molecule has 2 aromatic rings. The zero-order valence-electron chi connectivity index (χ0n) is 12.3. The van der Waals surface area contributed by atoms with Gasteiger partial charge in [-0.05, 0) is 48.3 Å². The number of nitrogens with zero attached hydrogens (tertiary/aromatic N) is 2. The SMILES string of the molecule is Cc1nc2c(C)cc(Br)cn2c1C(=O)NC(C(=O)O)C(C)O. The van der Waals surface area contributed by atoms with Gasteiger partial charge in [-0.2, -0.15) is 0 Å². The van der Waals surface area contributed by atoms with Crippen molar-refractivity contribution in [2.75, 3.05) is 0 Å². The molecule has 2 unspecified atom stereocenters. The van der Waals surface area contributed by atoms with E-state index in [9.17, 15) is 14.7 Å². The Morgan fingerprint density at radius 1 is 1.41 bits per heavy atom. The number of carboxylic acid groups (broad SMARTS) is 1. The molecule has 2 atom stereocenters. The molecule has 0 spiro atoms. The van der Waals surface area contributed by atoms with Crippen LogP contribution in [0.15, 0.2) is 16.7 Å². The monoisotopic (exact) mass is 369 g/mol. The van der Waals surface area contributed by atoms with Crippen molar-refractivity contribution in [1.29, 1.82) is 0 Å². The number of amides is 1. The van der Waals surface area contributed by atoms with Crippen LogP contribution < -0.4 is 5.32 Å². The predicted octanol–water partition coefficient (Wildman–Crippen LogP) is 1.28. The van der Waals surface area contributed by atoms with Gasteiger partial charge in [-0.25, -0.2) is 9.78 Å². The summed E-state index contributed by atoms with van der Waals surface area (Å²) >= 11 is 3.36. The third-order valence-electron chi connectivity index (χ3n) is 3.30. The average Bonchev–Trinajstić information content (AvgIpc) is 2.71. The van der Waals surface area contributed by atoms with Crippen molar-refractivity contribution in [3.05, 3.63) is 33.7 Å². The number of hydrogen-bond acceptors (Lipinski definition) is 4. The smallest absolute Gasteiger partial charge is 0.328 e. The molecule has 0 fully saturated rings. The van der Waals surface area contributed by atoms with E-state index in [1.165, 1.54) is 6.92 Å². The Kier molecular flexibility index (Phi) is 4.52. The number of aliphatic hydroxyl groups excluding tert-OH is 1. The summed E-state index contributed by atoms with van der Waals surface area (Å²) in [5, 5.41) is 20.9. The number of nitrogens with one attached hydrogen (secondary N) is 1. The number of pyridine rings is 1. The second-order valence-electron chi connectivity index (χ2n) is 5.11. The maximum absolute atomic E-state index is 12.4. The molecule has 1 amide bonds. The number of rotatable bonds is 4. The summed E-state index contributed by atoms with van der Waals surface area (Å²) < 4.78 is 2.37. The number of halogens is 1. The molecule has 0 bridgehead atoms. The largest absolute Gasteiger partial charge is 0.480 e. The van der Waals surface area contributed by atoms with Gasteiger partial charge in [0.2, 0.25) is 0 Å². The van der Waals surface area contributed by atoms with Crippen molar-refractivity contribution >= 4 is 33.5 Å². The van der Waals surface area contributed by atoms with Crippen LogP contribution in [0, 0.1) is 13.8 Å². The van der Waals surface area contributed by atoms with E-state index in [0.717, 1.165) is 10.0 Å². The Morgan fingerprint density at radius 2 is 2.05 bits per heavy atom. The van der Waals surface area contributed by atoms with Crippen molar-refractivity contribution in [3.63, 3.8) is 0 Å². The van der Waals surface area contributed by atoms with E-state index in [1.807, 2.05) is 13.0 Å². The molecule has 7 nitrogen and oxygen atoms in total. The van der Waals surface area contributed by atoms with E-state index in [0.29, 0.717) is 11.3 Å². The minimum absolute atomic E-state index is 0.242. The van der Waals surface area contributed by atoms with Crippen molar-refractivity contribution in [2.45, 2.75) is 32.9 Å². The van der Waals surface area contributed by atoms with Gasteiger partial charge in [0.15, 0.2) is 6.04 Å². The quantitative estimate of drug-likeness (QED) is 0.752. The van der Waals surface area contributed by atoms with Crippen LogP contribution in [0.3, 0.4) is 0 Å². The summed E-state index contributed by atoms with van der Waals surface area (Å²) in [6, 6.07) is 0.491. The van der Waals surface area contributed by atoms with Gasteiger partial charge in [-0.1, -0.05) is 0 Å². The topological polar surface area (TPSA) is 104 Å². The first-order valence-electron chi connectivity index (χ1n) is 6.59. The van der Waals surface area contributed by atoms with Crippen LogP contribution in [0.2, 0.25) is 0 Å². The Hall–Kier alpha value is -1.93. The lowest BCUT2D eigenvalue weighted by Gasteiger charge is -2.17. The molecular weight excluding hydrogens is 354 g/mol. The average molecular weight is 370 g/mol. The van der Waals surface area contributed by atoms with Crippen LogP contribution in [0.1, 0.15) is 28.7 Å². The van der Waals surface area contributed by atoms with Crippen LogP contribution >= 0.6 is 15.9 Å². The Morgan fingerprint density at radius 3 is 2.59 bits per heavy atom. The number of imidazole rings is 1. The fourth-order valence-electron chi connectivity index (χ4n) is 2.25. The van der Waals surface area contributed by atoms with Crippen molar-refractivity contribution in [2.24, 2.45) is 0 Å². The molecule has 0 radical (unpaired) electrons. The fraction of sp³-hybridized carbons (Fsp3) is 0.357. The molecule has 2 heterocycles. The molecule has 0 aliphatic rings. The number of aromatic nitrogens is 2. The van der Waals surface area contributed by atoms with Gasteiger partial charge in [-0.15, -0.1) is 0 Å². The summed E-state index contributed by atoms with van der Waals surface area (Å²) in [6.45, 7) is 4.85. The number of aliphatic carboxylic acids is 1. The van der Waals surface area contributed by atoms with Crippen molar-refractivity contribution in [1.82, 2.24) is 14.7 Å². The highest BCUT2D eigenvalue weighted by Crippen LogP contribution is 2.20. The number of aliphatic hydroxyl groups is 1. The Balaban J connectivity index is 2.48. The molecule has 2 aromatic heterocycles. The van der Waals surface area contributed by atoms with E-state index in [-0.39, 0.29) is 5.69 Å². The van der Waals surface area contributed by atoms with E-state index >= 15 is 0 Å². The summed E-state index contributed by atoms with van der Waals surface area (Å²) in [4.78, 5) is 27.9. The van der Waals surface area contributed by atoms with Crippen LogP contribution in [0.4, 0.5) is 0 Å². The molecule has 8 heteroatoms. The zero-order chi connectivity index (χ0) is 16.6. The van der Waals surface area contributed by atoms with Crippen molar-refractivity contribution in [3.8, 4) is 0 Å². The standard InChI is InChI=1S/C14H16BrN3O4/c1-6-4-9(15)5-18-11(7(2)16-12(6)18)13(20)17-10(8(3)19)14(21)22/h4-5,8,10,19H,1-3H3,(H,17,20)(H,21,22). The molecule has 0 saturated heterocycles. The molecule has 0 aromatic carbocycles. The molecule has 118 valence electrons. The summed E-state index contributed by atoms with van der Waals surface area (Å²) in [6.07, 6.45) is 0.476. The van der Waals surface area contributed by atoms with E-state index in [2.05, 4.69) is 26.2 Å². The van der Waals surface area contributed by atoms with Crippen LogP contribution in [-0.2, 0) is 4.79 Å². The highest BCUT2D eigenvalue weighted by atomic mass is 79.9. The molecule has 0 aliphatic heterocycles. The molecule has 22 heavy (non-hydrogen) atoms. The lowest BCUT2D eigenvalue weighted by Crippen LogP contribution is -2.48. The van der Waals surface area contributed by atoms with E-state index < -0.39 is 24.0 Å². The minimum Gasteiger partial charge on any atom is -0.480 e. The molecular formula is C14H16BrN3O4. The number of aryl methyl sites for hydroxylation is 2. The number of carboxylic acids is 1. The highest BCUT2D eigenvalue weighted by Gasteiger charge is 2.28. The van der Waals surface area contributed by atoms with Crippen LogP contribution in [0.5, 0.6) is 0 Å². The van der Waals surface area contributed by atoms with Gasteiger partial charge in [0.05, 0.1) is 11.8 Å². The second kappa shape index (κ2) is 6.05.